The topological polar surface area (TPSA) is 76.7 Å². The molecule has 2 N–H and O–H groups in total. The van der Waals surface area contributed by atoms with Crippen LogP contribution in [0.2, 0.25) is 0 Å². The molecule has 6 heteroatoms. The number of ether oxygens (including phenoxy) is 2. The normalized spacial score (nSPS) is 10.2. The van der Waals surface area contributed by atoms with E-state index in [1.165, 1.54) is 0 Å². The summed E-state index contributed by atoms with van der Waals surface area (Å²) in [6.07, 6.45) is 1.73. The van der Waals surface area contributed by atoms with Crippen molar-refractivity contribution in [3.63, 3.8) is 0 Å². The van der Waals surface area contributed by atoms with Crippen molar-refractivity contribution in [1.29, 1.82) is 0 Å². The predicted molar refractivity (Wildman–Crippen MR) is 109 cm³/mol. The minimum absolute atomic E-state index is 0.0924. The van der Waals surface area contributed by atoms with Gasteiger partial charge in [-0.2, -0.15) is 0 Å². The summed E-state index contributed by atoms with van der Waals surface area (Å²) >= 11 is 0. The summed E-state index contributed by atoms with van der Waals surface area (Å²) in [5.41, 5.74) is 1.42. The number of hydrogen-bond donors (Lipinski definition) is 2. The minimum atomic E-state index is -0.335. The highest BCUT2D eigenvalue weighted by Crippen LogP contribution is 2.28. The molecule has 2 aromatic rings. The van der Waals surface area contributed by atoms with Gasteiger partial charge < -0.3 is 20.1 Å². The first kappa shape index (κ1) is 21.3. The fraction of sp³-hybridized carbons (Fsp3) is 0.364. The maximum absolute atomic E-state index is 12.4. The maximum atomic E-state index is 12.4. The first-order valence-corrected chi connectivity index (χ1v) is 9.62. The molecule has 28 heavy (non-hydrogen) atoms. The molecule has 0 spiro atoms. The number of carbonyl (C=O) groups is 2. The van der Waals surface area contributed by atoms with Crippen LogP contribution in [0, 0.1) is 0 Å². The number of benzene rings is 2. The van der Waals surface area contributed by atoms with Crippen LogP contribution >= 0.6 is 0 Å². The lowest BCUT2D eigenvalue weighted by Gasteiger charge is -2.13. The van der Waals surface area contributed by atoms with Crippen molar-refractivity contribution in [3.8, 4) is 11.5 Å². The number of carbonyl (C=O) groups excluding carboxylic acids is 2. The molecule has 0 saturated heterocycles. The Balaban J connectivity index is 1.90. The summed E-state index contributed by atoms with van der Waals surface area (Å²) in [6, 6.07) is 14.6. The molecule has 0 aliphatic rings. The predicted octanol–water partition coefficient (Wildman–Crippen LogP) is 3.31. The summed E-state index contributed by atoms with van der Waals surface area (Å²) in [5.74, 6) is 0.574. The van der Waals surface area contributed by atoms with Crippen LogP contribution in [0.3, 0.4) is 0 Å². The number of amides is 2. The largest absolute Gasteiger partial charge is 0.490 e. The number of rotatable bonds is 11. The van der Waals surface area contributed by atoms with Gasteiger partial charge in [0.25, 0.3) is 5.91 Å². The Morgan fingerprint density at radius 2 is 1.54 bits per heavy atom. The Morgan fingerprint density at radius 3 is 2.21 bits per heavy atom. The van der Waals surface area contributed by atoms with Crippen molar-refractivity contribution in [1.82, 2.24) is 10.6 Å². The van der Waals surface area contributed by atoms with Gasteiger partial charge >= 0.3 is 0 Å². The number of nitrogens with one attached hydrogen (secondary N) is 2. The Morgan fingerprint density at radius 1 is 0.857 bits per heavy atom. The molecule has 6 nitrogen and oxygen atoms in total. The lowest BCUT2D eigenvalue weighted by atomic mass is 10.2. The summed E-state index contributed by atoms with van der Waals surface area (Å²) in [4.78, 5) is 24.3. The van der Waals surface area contributed by atoms with Crippen LogP contribution in [0.4, 0.5) is 0 Å². The van der Waals surface area contributed by atoms with Gasteiger partial charge in [0.15, 0.2) is 11.5 Å². The van der Waals surface area contributed by atoms with Gasteiger partial charge in [0.1, 0.15) is 0 Å². The molecular formula is C22H28N2O4. The zero-order chi connectivity index (χ0) is 20.2. The molecular weight excluding hydrogens is 356 g/mol. The zero-order valence-electron chi connectivity index (χ0n) is 16.5. The van der Waals surface area contributed by atoms with E-state index in [2.05, 4.69) is 10.6 Å². The standard InChI is InChI=1S/C22H28N2O4/c1-3-12-27-19-11-10-18(14-20(19)28-13-4-2)22(26)24-16-21(25)23-15-17-8-6-5-7-9-17/h5-11,14H,3-4,12-13,15-16H2,1-2H3,(H,23,25)(H,24,26). The molecule has 0 aliphatic heterocycles. The van der Waals surface area contributed by atoms with Crippen molar-refractivity contribution in [3.05, 3.63) is 59.7 Å². The molecule has 0 bridgehead atoms. The molecule has 0 unspecified atom stereocenters. The minimum Gasteiger partial charge on any atom is -0.490 e. The van der Waals surface area contributed by atoms with E-state index < -0.39 is 0 Å². The second-order valence-electron chi connectivity index (χ2n) is 6.30. The molecule has 0 aliphatic carbocycles. The van der Waals surface area contributed by atoms with Gasteiger partial charge in [-0.25, -0.2) is 0 Å². The highest BCUT2D eigenvalue weighted by atomic mass is 16.5. The van der Waals surface area contributed by atoms with Crippen molar-refractivity contribution < 1.29 is 19.1 Å². The van der Waals surface area contributed by atoms with Gasteiger partial charge in [0.2, 0.25) is 5.91 Å². The van der Waals surface area contributed by atoms with Gasteiger partial charge in [-0.05, 0) is 36.6 Å². The van der Waals surface area contributed by atoms with E-state index in [9.17, 15) is 9.59 Å². The van der Waals surface area contributed by atoms with Crippen LogP contribution in [-0.4, -0.2) is 31.6 Å². The Kier molecular flexibility index (Phi) is 8.85. The first-order valence-electron chi connectivity index (χ1n) is 9.62. The summed E-state index contributed by atoms with van der Waals surface area (Å²) in [6.45, 7) is 5.48. The van der Waals surface area contributed by atoms with Gasteiger partial charge in [0, 0.05) is 12.1 Å². The molecule has 0 aromatic heterocycles. The SMILES string of the molecule is CCCOc1ccc(C(=O)NCC(=O)NCc2ccccc2)cc1OCCC. The molecule has 0 fully saturated rings. The highest BCUT2D eigenvalue weighted by Gasteiger charge is 2.13. The van der Waals surface area contributed by atoms with Crippen LogP contribution in [0.25, 0.3) is 0 Å². The first-order chi connectivity index (χ1) is 13.6. The van der Waals surface area contributed by atoms with Crippen LogP contribution in [0.1, 0.15) is 42.6 Å². The van der Waals surface area contributed by atoms with Crippen molar-refractivity contribution >= 4 is 11.8 Å². The third kappa shape index (κ3) is 6.95. The van der Waals surface area contributed by atoms with Crippen molar-refractivity contribution in [2.24, 2.45) is 0 Å². The zero-order valence-corrected chi connectivity index (χ0v) is 16.5. The molecule has 2 rings (SSSR count). The molecule has 150 valence electrons. The summed E-state index contributed by atoms with van der Waals surface area (Å²) in [7, 11) is 0. The van der Waals surface area contributed by atoms with Crippen LogP contribution in [0.5, 0.6) is 11.5 Å². The lowest BCUT2D eigenvalue weighted by molar-refractivity contribution is -0.120. The van der Waals surface area contributed by atoms with E-state index in [0.29, 0.717) is 36.8 Å². The molecule has 0 radical (unpaired) electrons. The second kappa shape index (κ2) is 11.6. The molecule has 2 amide bonds. The fourth-order valence-corrected chi connectivity index (χ4v) is 2.43. The van der Waals surface area contributed by atoms with Gasteiger partial charge in [-0.1, -0.05) is 44.2 Å². The molecule has 2 aromatic carbocycles. The third-order valence-corrected chi connectivity index (χ3v) is 3.87. The van der Waals surface area contributed by atoms with Gasteiger partial charge in [0.05, 0.1) is 19.8 Å². The average Bonchev–Trinajstić information content (AvgIpc) is 2.74. The van der Waals surface area contributed by atoms with Gasteiger partial charge in [-0.3, -0.25) is 9.59 Å². The van der Waals surface area contributed by atoms with E-state index in [1.54, 1.807) is 18.2 Å². The summed E-state index contributed by atoms with van der Waals surface area (Å²) in [5, 5.41) is 5.41. The van der Waals surface area contributed by atoms with Crippen LogP contribution < -0.4 is 20.1 Å². The Bertz CT molecular complexity index is 762. The smallest absolute Gasteiger partial charge is 0.251 e. The van der Waals surface area contributed by atoms with E-state index in [1.807, 2.05) is 44.2 Å². The van der Waals surface area contributed by atoms with Crippen molar-refractivity contribution in [2.45, 2.75) is 33.2 Å². The van der Waals surface area contributed by atoms with Gasteiger partial charge in [-0.15, -0.1) is 0 Å². The van der Waals surface area contributed by atoms with E-state index in [4.69, 9.17) is 9.47 Å². The Labute approximate surface area is 166 Å². The number of hydrogen-bond acceptors (Lipinski definition) is 4. The van der Waals surface area contributed by atoms with E-state index >= 15 is 0 Å². The second-order valence-corrected chi connectivity index (χ2v) is 6.30. The van der Waals surface area contributed by atoms with Crippen molar-refractivity contribution in [2.75, 3.05) is 19.8 Å². The fourth-order valence-electron chi connectivity index (χ4n) is 2.43. The summed E-state index contributed by atoms with van der Waals surface area (Å²) < 4.78 is 11.4. The van der Waals surface area contributed by atoms with E-state index in [-0.39, 0.29) is 18.4 Å². The molecule has 0 heterocycles. The van der Waals surface area contributed by atoms with Crippen LogP contribution in [0.15, 0.2) is 48.5 Å². The highest BCUT2D eigenvalue weighted by molar-refractivity contribution is 5.97. The average molecular weight is 384 g/mol. The quantitative estimate of drug-likeness (QED) is 0.623. The lowest BCUT2D eigenvalue weighted by Crippen LogP contribution is -2.36. The van der Waals surface area contributed by atoms with Crippen LogP contribution in [-0.2, 0) is 11.3 Å². The third-order valence-electron chi connectivity index (χ3n) is 3.87. The maximum Gasteiger partial charge on any atom is 0.251 e. The van der Waals surface area contributed by atoms with E-state index in [0.717, 1.165) is 18.4 Å². The molecule has 0 atom stereocenters. The molecule has 0 saturated carbocycles. The Hall–Kier alpha value is -3.02. The monoisotopic (exact) mass is 384 g/mol.